The van der Waals surface area contributed by atoms with Crippen molar-refractivity contribution in [3.05, 3.63) is 35.9 Å². The van der Waals surface area contributed by atoms with E-state index < -0.39 is 11.9 Å². The Labute approximate surface area is 80.1 Å². The third-order valence-corrected chi connectivity index (χ3v) is 1.45. The van der Waals surface area contributed by atoms with Gasteiger partial charge in [-0.25, -0.2) is 4.79 Å². The van der Waals surface area contributed by atoms with E-state index in [1.54, 1.807) is 35.6 Å². The van der Waals surface area contributed by atoms with Crippen molar-refractivity contribution in [3.8, 4) is 0 Å². The van der Waals surface area contributed by atoms with E-state index >= 15 is 0 Å². The van der Waals surface area contributed by atoms with Crippen LogP contribution in [0.4, 0.5) is 4.79 Å². The largest absolute Gasteiger partial charge is 0.328 e. The van der Waals surface area contributed by atoms with Gasteiger partial charge in [0.05, 0.1) is 0 Å². The van der Waals surface area contributed by atoms with E-state index in [1.165, 1.54) is 0 Å². The highest BCUT2D eigenvalue weighted by Gasteiger charge is 2.07. The Morgan fingerprint density at radius 1 is 1.14 bits per heavy atom. The van der Waals surface area contributed by atoms with Crippen LogP contribution in [0.15, 0.2) is 30.3 Å². The molecule has 0 radical (unpaired) electrons. The van der Waals surface area contributed by atoms with E-state index in [4.69, 9.17) is 0 Å². The van der Waals surface area contributed by atoms with Crippen molar-refractivity contribution in [2.75, 3.05) is 0 Å². The van der Waals surface area contributed by atoms with Crippen LogP contribution in [0.2, 0.25) is 0 Å². The second-order valence-corrected chi connectivity index (χ2v) is 2.41. The molecule has 0 fully saturated rings. The predicted octanol–water partition coefficient (Wildman–Crippen LogP) is 0.282. The first kappa shape index (κ1) is 9.91. The van der Waals surface area contributed by atoms with Crippen LogP contribution in [0.5, 0.6) is 0 Å². The zero-order valence-electron chi connectivity index (χ0n) is 7.19. The Bertz CT molecular complexity index is 348. The SMILES string of the molecule is O=CNC(=O)NC(=O)c1ccccc1. The lowest BCUT2D eigenvalue weighted by Gasteiger charge is -2.01. The smallest absolute Gasteiger partial charge is 0.280 e. The first-order valence-corrected chi connectivity index (χ1v) is 3.84. The minimum absolute atomic E-state index is 0.202. The van der Waals surface area contributed by atoms with Gasteiger partial charge >= 0.3 is 6.03 Å². The Morgan fingerprint density at radius 3 is 2.36 bits per heavy atom. The van der Waals surface area contributed by atoms with E-state index in [2.05, 4.69) is 0 Å². The average Bonchev–Trinajstić information content (AvgIpc) is 2.19. The molecule has 5 nitrogen and oxygen atoms in total. The minimum atomic E-state index is -0.839. The Kier molecular flexibility index (Phi) is 3.37. The summed E-state index contributed by atoms with van der Waals surface area (Å²) in [6.07, 6.45) is 0.202. The summed E-state index contributed by atoms with van der Waals surface area (Å²) in [7, 11) is 0. The molecule has 72 valence electrons. The van der Waals surface area contributed by atoms with E-state index in [0.29, 0.717) is 5.56 Å². The molecule has 0 heterocycles. The molecule has 0 unspecified atom stereocenters. The number of amides is 4. The predicted molar refractivity (Wildman–Crippen MR) is 48.5 cm³/mol. The van der Waals surface area contributed by atoms with Crippen LogP contribution in [-0.4, -0.2) is 18.3 Å². The molecule has 5 heteroatoms. The second kappa shape index (κ2) is 4.76. The summed E-state index contributed by atoms with van der Waals surface area (Å²) in [6, 6.07) is 7.38. The Balaban J connectivity index is 2.59. The summed E-state index contributed by atoms with van der Waals surface area (Å²) in [5.74, 6) is -0.551. The topological polar surface area (TPSA) is 75.3 Å². The molecule has 0 bridgehead atoms. The van der Waals surface area contributed by atoms with Crippen molar-refractivity contribution >= 4 is 18.3 Å². The molecule has 0 aliphatic rings. The number of hydrogen-bond acceptors (Lipinski definition) is 3. The molecule has 1 rings (SSSR count). The van der Waals surface area contributed by atoms with E-state index in [1.807, 2.05) is 5.32 Å². The van der Waals surface area contributed by atoms with Gasteiger partial charge in [-0.1, -0.05) is 18.2 Å². The van der Waals surface area contributed by atoms with Crippen molar-refractivity contribution in [3.63, 3.8) is 0 Å². The second-order valence-electron chi connectivity index (χ2n) is 2.41. The van der Waals surface area contributed by atoms with Gasteiger partial charge < -0.3 is 0 Å². The summed E-state index contributed by atoms with van der Waals surface area (Å²) in [5.41, 5.74) is 0.355. The molecular formula is C9H8N2O3. The molecule has 0 spiro atoms. The lowest BCUT2D eigenvalue weighted by molar-refractivity contribution is -0.108. The molecule has 1 aromatic carbocycles. The molecule has 2 N–H and O–H groups in total. The molecule has 0 saturated carbocycles. The fraction of sp³-hybridized carbons (Fsp3) is 0. The highest BCUT2D eigenvalue weighted by molar-refractivity contribution is 6.05. The monoisotopic (exact) mass is 192 g/mol. The molecule has 0 aliphatic carbocycles. The van der Waals surface area contributed by atoms with E-state index in [-0.39, 0.29) is 6.41 Å². The maximum absolute atomic E-state index is 11.2. The van der Waals surface area contributed by atoms with Crippen LogP contribution in [-0.2, 0) is 4.79 Å². The molecule has 0 aliphatic heterocycles. The quantitative estimate of drug-likeness (QED) is 0.661. The Hall–Kier alpha value is -2.17. The molecule has 4 amide bonds. The first-order chi connectivity index (χ1) is 6.74. The summed E-state index contributed by atoms with van der Waals surface area (Å²) < 4.78 is 0. The molecule has 0 atom stereocenters. The number of carbonyl (C=O) groups is 3. The van der Waals surface area contributed by atoms with Crippen molar-refractivity contribution < 1.29 is 14.4 Å². The standard InChI is InChI=1S/C9H8N2O3/c12-6-10-9(14)11-8(13)7-4-2-1-3-5-7/h1-6H,(H2,10,11,12,13,14). The lowest BCUT2D eigenvalue weighted by atomic mass is 10.2. The fourth-order valence-electron chi connectivity index (χ4n) is 0.854. The van der Waals surface area contributed by atoms with Crippen molar-refractivity contribution in [2.45, 2.75) is 0 Å². The van der Waals surface area contributed by atoms with Crippen LogP contribution < -0.4 is 10.6 Å². The zero-order valence-corrected chi connectivity index (χ0v) is 7.19. The van der Waals surface area contributed by atoms with E-state index in [0.717, 1.165) is 0 Å². The number of hydrogen-bond donors (Lipinski definition) is 2. The number of imide groups is 2. The Morgan fingerprint density at radius 2 is 1.79 bits per heavy atom. The zero-order chi connectivity index (χ0) is 10.4. The van der Waals surface area contributed by atoms with E-state index in [9.17, 15) is 14.4 Å². The van der Waals surface area contributed by atoms with Crippen LogP contribution in [0.25, 0.3) is 0 Å². The lowest BCUT2D eigenvalue weighted by Crippen LogP contribution is -2.38. The summed E-state index contributed by atoms with van der Waals surface area (Å²) >= 11 is 0. The minimum Gasteiger partial charge on any atom is -0.280 e. The first-order valence-electron chi connectivity index (χ1n) is 3.84. The number of rotatable bonds is 2. The van der Waals surface area contributed by atoms with Gasteiger partial charge in [-0.3, -0.25) is 20.2 Å². The highest BCUT2D eigenvalue weighted by atomic mass is 16.2. The summed E-state index contributed by atoms with van der Waals surface area (Å²) in [6.45, 7) is 0. The third-order valence-electron chi connectivity index (χ3n) is 1.45. The summed E-state index contributed by atoms with van der Waals surface area (Å²) in [5, 5.41) is 3.77. The van der Waals surface area contributed by atoms with Gasteiger partial charge in [-0.2, -0.15) is 0 Å². The van der Waals surface area contributed by atoms with Crippen molar-refractivity contribution in [1.29, 1.82) is 0 Å². The highest BCUT2D eigenvalue weighted by Crippen LogP contribution is 1.97. The molecule has 1 aromatic rings. The molecule has 0 saturated heterocycles. The van der Waals surface area contributed by atoms with Gasteiger partial charge in [0, 0.05) is 5.56 Å². The number of nitrogens with one attached hydrogen (secondary N) is 2. The number of benzene rings is 1. The van der Waals surface area contributed by atoms with Crippen LogP contribution in [0.3, 0.4) is 0 Å². The van der Waals surface area contributed by atoms with Gasteiger partial charge in [0.25, 0.3) is 5.91 Å². The maximum atomic E-state index is 11.2. The van der Waals surface area contributed by atoms with Gasteiger partial charge in [-0.05, 0) is 12.1 Å². The van der Waals surface area contributed by atoms with Crippen molar-refractivity contribution in [1.82, 2.24) is 10.6 Å². The van der Waals surface area contributed by atoms with Crippen LogP contribution >= 0.6 is 0 Å². The summed E-state index contributed by atoms with van der Waals surface area (Å²) in [4.78, 5) is 31.8. The van der Waals surface area contributed by atoms with Crippen LogP contribution in [0, 0.1) is 0 Å². The number of urea groups is 1. The average molecular weight is 192 g/mol. The number of carbonyl (C=O) groups excluding carboxylic acids is 3. The molecule has 14 heavy (non-hydrogen) atoms. The van der Waals surface area contributed by atoms with Crippen LogP contribution in [0.1, 0.15) is 10.4 Å². The van der Waals surface area contributed by atoms with Crippen molar-refractivity contribution in [2.24, 2.45) is 0 Å². The maximum Gasteiger partial charge on any atom is 0.328 e. The van der Waals surface area contributed by atoms with Gasteiger partial charge in [0.15, 0.2) is 0 Å². The molecular weight excluding hydrogens is 184 g/mol. The van der Waals surface area contributed by atoms with Gasteiger partial charge in [0.2, 0.25) is 6.41 Å². The molecule has 0 aromatic heterocycles. The third kappa shape index (κ3) is 2.71. The normalized spacial score (nSPS) is 8.86. The van der Waals surface area contributed by atoms with Gasteiger partial charge in [0.1, 0.15) is 0 Å². The fourth-order valence-corrected chi connectivity index (χ4v) is 0.854. The van der Waals surface area contributed by atoms with Gasteiger partial charge in [-0.15, -0.1) is 0 Å².